The van der Waals surface area contributed by atoms with Gasteiger partial charge in [0.15, 0.2) is 0 Å². The number of fused-ring (bicyclic) bond motifs is 1. The fourth-order valence-electron chi connectivity index (χ4n) is 3.23. The Morgan fingerprint density at radius 2 is 1.70 bits per heavy atom. The van der Waals surface area contributed by atoms with Gasteiger partial charge in [0, 0.05) is 11.1 Å². The van der Waals surface area contributed by atoms with Crippen LogP contribution in [0.4, 0.5) is 0 Å². The largest absolute Gasteiger partial charge is 0.493 e. The summed E-state index contributed by atoms with van der Waals surface area (Å²) in [5.41, 5.74) is -0.276. The van der Waals surface area contributed by atoms with Crippen LogP contribution in [0.15, 0.2) is 74.1 Å². The standard InChI is InChI=1S/C22H18N4O4/c1-13-7-9-16(10-8-13)25-20(28)18(19(27)24-22(25)30)12-23-26-14(2)11-15-5-3-4-6-17(15)21(26)29/h3-12,28H,1-2H3,(H,24,27,30). The zero-order valence-corrected chi connectivity index (χ0v) is 16.3. The number of hydrogen-bond donors (Lipinski definition) is 2. The van der Waals surface area contributed by atoms with E-state index in [0.29, 0.717) is 16.8 Å². The first-order chi connectivity index (χ1) is 14.4. The molecule has 0 aliphatic heterocycles. The Morgan fingerprint density at radius 3 is 2.43 bits per heavy atom. The maximum atomic E-state index is 12.8. The van der Waals surface area contributed by atoms with Crippen LogP contribution < -0.4 is 16.8 Å². The molecule has 30 heavy (non-hydrogen) atoms. The highest BCUT2D eigenvalue weighted by Crippen LogP contribution is 2.16. The molecule has 2 aromatic heterocycles. The fourth-order valence-corrected chi connectivity index (χ4v) is 3.23. The van der Waals surface area contributed by atoms with Crippen LogP contribution in [0.3, 0.4) is 0 Å². The number of aryl methyl sites for hydroxylation is 2. The van der Waals surface area contributed by atoms with Gasteiger partial charge in [-0.05, 0) is 43.5 Å². The molecule has 2 heterocycles. The minimum atomic E-state index is -0.809. The van der Waals surface area contributed by atoms with E-state index >= 15 is 0 Å². The summed E-state index contributed by atoms with van der Waals surface area (Å²) >= 11 is 0. The molecule has 2 N–H and O–H groups in total. The number of benzene rings is 2. The summed E-state index contributed by atoms with van der Waals surface area (Å²) in [4.78, 5) is 39.5. The maximum absolute atomic E-state index is 12.8. The highest BCUT2D eigenvalue weighted by atomic mass is 16.3. The lowest BCUT2D eigenvalue weighted by Gasteiger charge is -2.10. The van der Waals surface area contributed by atoms with Crippen molar-refractivity contribution in [1.82, 2.24) is 14.2 Å². The van der Waals surface area contributed by atoms with Gasteiger partial charge in [-0.3, -0.25) is 14.6 Å². The molecule has 0 saturated heterocycles. The van der Waals surface area contributed by atoms with E-state index in [1.54, 1.807) is 49.4 Å². The number of hydrogen-bond acceptors (Lipinski definition) is 5. The predicted octanol–water partition coefficient (Wildman–Crippen LogP) is 2.05. The second-order valence-corrected chi connectivity index (χ2v) is 6.90. The van der Waals surface area contributed by atoms with Crippen molar-refractivity contribution < 1.29 is 5.11 Å². The van der Waals surface area contributed by atoms with Gasteiger partial charge in [-0.25, -0.2) is 14.0 Å². The van der Waals surface area contributed by atoms with E-state index in [-0.39, 0.29) is 11.1 Å². The molecule has 0 aliphatic rings. The van der Waals surface area contributed by atoms with E-state index in [1.807, 2.05) is 19.1 Å². The van der Waals surface area contributed by atoms with Crippen molar-refractivity contribution in [3.63, 3.8) is 0 Å². The van der Waals surface area contributed by atoms with E-state index in [4.69, 9.17) is 0 Å². The zero-order chi connectivity index (χ0) is 21.4. The number of aromatic hydroxyl groups is 1. The zero-order valence-electron chi connectivity index (χ0n) is 16.3. The Kier molecular flexibility index (Phi) is 4.67. The number of pyridine rings is 1. The molecular weight excluding hydrogens is 384 g/mol. The van der Waals surface area contributed by atoms with Crippen molar-refractivity contribution in [3.8, 4) is 11.6 Å². The summed E-state index contributed by atoms with van der Waals surface area (Å²) in [7, 11) is 0. The monoisotopic (exact) mass is 402 g/mol. The Labute approximate surface area is 170 Å². The minimum Gasteiger partial charge on any atom is -0.493 e. The molecule has 8 nitrogen and oxygen atoms in total. The molecule has 4 aromatic rings. The number of aromatic amines is 1. The molecule has 8 heteroatoms. The van der Waals surface area contributed by atoms with Crippen molar-refractivity contribution >= 4 is 17.0 Å². The Balaban J connectivity index is 1.88. The number of rotatable bonds is 3. The average molecular weight is 402 g/mol. The Morgan fingerprint density at radius 1 is 1.00 bits per heavy atom. The SMILES string of the molecule is Cc1ccc(-n2c(O)c(C=Nn3c(C)cc4ccccc4c3=O)c(=O)[nH]c2=O)cc1. The number of nitrogens with one attached hydrogen (secondary N) is 1. The summed E-state index contributed by atoms with van der Waals surface area (Å²) in [5.74, 6) is -0.567. The Hall–Kier alpha value is -4.20. The van der Waals surface area contributed by atoms with Gasteiger partial charge >= 0.3 is 5.69 Å². The average Bonchev–Trinajstić information content (AvgIpc) is 2.71. The molecule has 4 rings (SSSR count). The molecule has 150 valence electrons. The van der Waals surface area contributed by atoms with Gasteiger partial charge < -0.3 is 5.11 Å². The summed E-state index contributed by atoms with van der Waals surface area (Å²) in [6, 6.07) is 15.7. The van der Waals surface area contributed by atoms with Crippen LogP contribution >= 0.6 is 0 Å². The van der Waals surface area contributed by atoms with Gasteiger partial charge in [0.25, 0.3) is 11.1 Å². The lowest BCUT2D eigenvalue weighted by Crippen LogP contribution is -2.31. The van der Waals surface area contributed by atoms with Gasteiger partial charge in [0.2, 0.25) is 5.88 Å². The van der Waals surface area contributed by atoms with Crippen LogP contribution in [0.5, 0.6) is 5.88 Å². The van der Waals surface area contributed by atoms with E-state index in [1.165, 1.54) is 0 Å². The third kappa shape index (κ3) is 3.24. The van der Waals surface area contributed by atoms with E-state index < -0.39 is 17.1 Å². The molecule has 0 unspecified atom stereocenters. The van der Waals surface area contributed by atoms with Crippen LogP contribution in [0.2, 0.25) is 0 Å². The van der Waals surface area contributed by atoms with Gasteiger partial charge in [-0.15, -0.1) is 0 Å². The number of nitrogens with zero attached hydrogens (tertiary/aromatic N) is 3. The second-order valence-electron chi connectivity index (χ2n) is 6.90. The van der Waals surface area contributed by atoms with Crippen molar-refractivity contribution in [2.24, 2.45) is 5.10 Å². The fraction of sp³-hybridized carbons (Fsp3) is 0.0909. The first-order valence-corrected chi connectivity index (χ1v) is 9.18. The molecular formula is C22H18N4O4. The van der Waals surface area contributed by atoms with Crippen molar-refractivity contribution in [2.75, 3.05) is 0 Å². The molecule has 0 spiro atoms. The van der Waals surface area contributed by atoms with Crippen molar-refractivity contribution in [2.45, 2.75) is 13.8 Å². The summed E-state index contributed by atoms with van der Waals surface area (Å²) in [6.07, 6.45) is 1.07. The van der Waals surface area contributed by atoms with Crippen LogP contribution in [-0.4, -0.2) is 25.5 Å². The predicted molar refractivity (Wildman–Crippen MR) is 115 cm³/mol. The lowest BCUT2D eigenvalue weighted by molar-refractivity contribution is 0.430. The Bertz CT molecular complexity index is 1470. The van der Waals surface area contributed by atoms with Crippen molar-refractivity contribution in [1.29, 1.82) is 0 Å². The minimum absolute atomic E-state index is 0.241. The molecule has 0 atom stereocenters. The van der Waals surface area contributed by atoms with E-state index in [9.17, 15) is 19.5 Å². The quantitative estimate of drug-likeness (QED) is 0.511. The molecule has 0 radical (unpaired) electrons. The third-order valence-corrected chi connectivity index (χ3v) is 4.80. The summed E-state index contributed by atoms with van der Waals surface area (Å²) in [6.45, 7) is 3.60. The molecule has 0 bridgehead atoms. The van der Waals surface area contributed by atoms with Crippen LogP contribution in [0.25, 0.3) is 16.5 Å². The van der Waals surface area contributed by atoms with E-state index in [2.05, 4.69) is 10.1 Å². The topological polar surface area (TPSA) is 109 Å². The van der Waals surface area contributed by atoms with Gasteiger partial charge in [0.05, 0.1) is 11.9 Å². The molecule has 2 aromatic carbocycles. The highest BCUT2D eigenvalue weighted by molar-refractivity contribution is 5.83. The molecule has 0 aliphatic carbocycles. The molecule has 0 amide bonds. The molecule has 0 saturated carbocycles. The van der Waals surface area contributed by atoms with Gasteiger partial charge in [-0.2, -0.15) is 5.10 Å². The summed E-state index contributed by atoms with van der Waals surface area (Å²) in [5, 5.41) is 16.0. The first kappa shape index (κ1) is 19.1. The van der Waals surface area contributed by atoms with Crippen molar-refractivity contribution in [3.05, 3.63) is 103 Å². The maximum Gasteiger partial charge on any atom is 0.335 e. The first-order valence-electron chi connectivity index (χ1n) is 9.18. The second kappa shape index (κ2) is 7.32. The third-order valence-electron chi connectivity index (χ3n) is 4.80. The number of H-pyrrole nitrogens is 1. The highest BCUT2D eigenvalue weighted by Gasteiger charge is 2.14. The van der Waals surface area contributed by atoms with E-state index in [0.717, 1.165) is 26.4 Å². The van der Waals surface area contributed by atoms with Crippen LogP contribution in [0.1, 0.15) is 16.8 Å². The smallest absolute Gasteiger partial charge is 0.335 e. The van der Waals surface area contributed by atoms with Crippen LogP contribution in [0, 0.1) is 13.8 Å². The molecule has 0 fully saturated rings. The van der Waals surface area contributed by atoms with Crippen LogP contribution in [-0.2, 0) is 0 Å². The normalized spacial score (nSPS) is 11.4. The summed E-state index contributed by atoms with van der Waals surface area (Å²) < 4.78 is 2.11. The number of aromatic nitrogens is 3. The van der Waals surface area contributed by atoms with Gasteiger partial charge in [-0.1, -0.05) is 35.9 Å². The lowest BCUT2D eigenvalue weighted by atomic mass is 10.1. The van der Waals surface area contributed by atoms with Gasteiger partial charge in [0.1, 0.15) is 5.56 Å².